The minimum atomic E-state index is -1.08. The molecule has 3 aromatic rings. The van der Waals surface area contributed by atoms with Crippen molar-refractivity contribution in [2.75, 3.05) is 0 Å². The van der Waals surface area contributed by atoms with E-state index in [1.807, 2.05) is 6.07 Å². The lowest BCUT2D eigenvalue weighted by atomic mass is 9.84. The molecule has 2 N–H and O–H groups in total. The Hall–Kier alpha value is -3.07. The maximum absolute atomic E-state index is 14.7. The second kappa shape index (κ2) is 7.40. The van der Waals surface area contributed by atoms with E-state index < -0.39 is 12.3 Å². The molecule has 8 nitrogen and oxygen atoms in total. The van der Waals surface area contributed by atoms with Crippen molar-refractivity contribution in [3.8, 4) is 28.7 Å². The lowest BCUT2D eigenvalue weighted by Gasteiger charge is -2.42. The molecule has 1 aromatic carbocycles. The summed E-state index contributed by atoms with van der Waals surface area (Å²) in [6.07, 6.45) is 8.42. The average Bonchev–Trinajstić information content (AvgIpc) is 3.28. The third-order valence-electron chi connectivity index (χ3n) is 5.61. The molecule has 2 unspecified atom stereocenters. The normalized spacial score (nSPS) is 26.2. The molecule has 0 radical (unpaired) electrons. The van der Waals surface area contributed by atoms with Crippen molar-refractivity contribution in [3.63, 3.8) is 0 Å². The summed E-state index contributed by atoms with van der Waals surface area (Å²) in [6, 6.07) is 5.28. The van der Waals surface area contributed by atoms with Crippen LogP contribution in [-0.4, -0.2) is 54.2 Å². The Balaban J connectivity index is 1.31. The van der Waals surface area contributed by atoms with E-state index >= 15 is 0 Å². The Morgan fingerprint density at radius 1 is 1.24 bits per heavy atom. The Kier molecular flexibility index (Phi) is 4.59. The molecule has 150 valence electrons. The topological polar surface area (TPSA) is 98.0 Å². The molecule has 4 heterocycles. The molecular formula is C20H21FN6O2. The summed E-state index contributed by atoms with van der Waals surface area (Å²) in [6.45, 7) is 0. The number of fused-ring (bicyclic) bond motifs is 2. The molecule has 0 saturated carbocycles. The van der Waals surface area contributed by atoms with Crippen LogP contribution < -0.4 is 10.1 Å². The fraction of sp³-hybridized carbons (Fsp3) is 0.400. The first-order valence-electron chi connectivity index (χ1n) is 9.75. The van der Waals surface area contributed by atoms with Gasteiger partial charge in [-0.25, -0.2) is 14.4 Å². The summed E-state index contributed by atoms with van der Waals surface area (Å²) in [5.41, 5.74) is 1.22. The van der Waals surface area contributed by atoms with Gasteiger partial charge in [-0.3, -0.25) is 0 Å². The molecular weight excluding hydrogens is 375 g/mol. The van der Waals surface area contributed by atoms with Gasteiger partial charge in [-0.05, 0) is 25.0 Å². The third-order valence-corrected chi connectivity index (χ3v) is 5.61. The molecule has 2 aliphatic heterocycles. The van der Waals surface area contributed by atoms with Crippen LogP contribution in [0.5, 0.6) is 11.6 Å². The summed E-state index contributed by atoms with van der Waals surface area (Å²) in [5, 5.41) is 21.8. The number of nitrogens with zero attached hydrogens (tertiary/aromatic N) is 5. The Bertz CT molecular complexity index is 981. The minimum absolute atomic E-state index is 0.0293. The van der Waals surface area contributed by atoms with Gasteiger partial charge in [0.15, 0.2) is 12.0 Å². The van der Waals surface area contributed by atoms with Crippen molar-refractivity contribution in [3.05, 3.63) is 43.1 Å². The minimum Gasteiger partial charge on any atom is -0.507 e. The first-order valence-corrected chi connectivity index (χ1v) is 9.75. The van der Waals surface area contributed by atoms with Crippen molar-refractivity contribution in [1.82, 2.24) is 30.0 Å². The largest absolute Gasteiger partial charge is 0.507 e. The number of benzene rings is 1. The number of aromatic nitrogens is 5. The molecule has 4 atom stereocenters. The number of ether oxygens (including phenoxy) is 1. The predicted octanol–water partition coefficient (Wildman–Crippen LogP) is 2.43. The molecule has 9 heteroatoms. The van der Waals surface area contributed by atoms with E-state index in [2.05, 4.69) is 25.5 Å². The zero-order valence-electron chi connectivity index (χ0n) is 15.6. The summed E-state index contributed by atoms with van der Waals surface area (Å²) >= 11 is 0. The average molecular weight is 396 g/mol. The number of alkyl halides is 1. The highest BCUT2D eigenvalue weighted by Gasteiger charge is 2.41. The van der Waals surface area contributed by atoms with Gasteiger partial charge >= 0.3 is 0 Å². The van der Waals surface area contributed by atoms with E-state index in [1.54, 1.807) is 35.4 Å². The highest BCUT2D eigenvalue weighted by atomic mass is 19.1. The first-order chi connectivity index (χ1) is 14.2. The summed E-state index contributed by atoms with van der Waals surface area (Å²) in [4.78, 5) is 8.24. The van der Waals surface area contributed by atoms with Gasteiger partial charge in [0.1, 0.15) is 11.9 Å². The summed E-state index contributed by atoms with van der Waals surface area (Å²) in [7, 11) is 0. The van der Waals surface area contributed by atoms with Crippen molar-refractivity contribution in [2.24, 2.45) is 0 Å². The van der Waals surface area contributed by atoms with Gasteiger partial charge in [-0.15, -0.1) is 10.2 Å². The molecule has 2 fully saturated rings. The maximum atomic E-state index is 14.7. The molecule has 0 amide bonds. The molecule has 29 heavy (non-hydrogen) atoms. The molecule has 2 aromatic heterocycles. The van der Waals surface area contributed by atoms with Crippen LogP contribution in [0, 0.1) is 0 Å². The lowest BCUT2D eigenvalue weighted by Crippen LogP contribution is -2.59. The predicted molar refractivity (Wildman–Crippen MR) is 103 cm³/mol. The molecule has 0 aliphatic carbocycles. The van der Waals surface area contributed by atoms with Gasteiger partial charge in [0.25, 0.3) is 5.88 Å². The van der Waals surface area contributed by atoms with Crippen LogP contribution in [0.25, 0.3) is 17.1 Å². The molecule has 2 aliphatic rings. The SMILES string of the molecule is Oc1cc(-n2ccnc2)ccc1-c1ncc(O[C@H]2CC3CCCC(N3)[C@H]2F)nn1. The van der Waals surface area contributed by atoms with Crippen molar-refractivity contribution in [2.45, 2.75) is 50.0 Å². The molecule has 2 bridgehead atoms. The van der Waals surface area contributed by atoms with Crippen LogP contribution in [0.15, 0.2) is 43.1 Å². The van der Waals surface area contributed by atoms with E-state index in [4.69, 9.17) is 4.74 Å². The smallest absolute Gasteiger partial charge is 0.252 e. The number of hydrogen-bond acceptors (Lipinski definition) is 7. The van der Waals surface area contributed by atoms with E-state index in [9.17, 15) is 9.50 Å². The maximum Gasteiger partial charge on any atom is 0.252 e. The number of piperidine rings is 2. The second-order valence-corrected chi connectivity index (χ2v) is 7.53. The van der Waals surface area contributed by atoms with E-state index in [1.165, 1.54) is 6.20 Å². The standard InChI is InChI=1S/C20H21FN6O2/c21-19-15-3-1-2-12(24-15)8-17(19)29-18-10-23-20(26-25-18)14-5-4-13(9-16(14)28)27-7-6-22-11-27/h4-7,9-12,15,17,19,24,28H,1-3,8H2/t12?,15?,17-,19+/m0/s1. The lowest BCUT2D eigenvalue weighted by molar-refractivity contribution is 0.00628. The van der Waals surface area contributed by atoms with E-state index in [0.717, 1.165) is 24.9 Å². The molecule has 5 rings (SSSR count). The zero-order chi connectivity index (χ0) is 19.8. The van der Waals surface area contributed by atoms with Gasteiger partial charge in [-0.2, -0.15) is 0 Å². The second-order valence-electron chi connectivity index (χ2n) is 7.53. The summed E-state index contributed by atoms with van der Waals surface area (Å²) < 4.78 is 22.2. The van der Waals surface area contributed by atoms with E-state index in [0.29, 0.717) is 12.0 Å². The number of aromatic hydroxyl groups is 1. The number of imidazole rings is 1. The third kappa shape index (κ3) is 3.53. The number of rotatable bonds is 4. The van der Waals surface area contributed by atoms with Crippen molar-refractivity contribution < 1.29 is 14.2 Å². The number of phenolic OH excluding ortho intramolecular Hbond substituents is 1. The fourth-order valence-corrected chi connectivity index (χ4v) is 4.15. The van der Waals surface area contributed by atoms with Gasteiger partial charge in [0.2, 0.25) is 0 Å². The highest BCUT2D eigenvalue weighted by Crippen LogP contribution is 2.31. The zero-order valence-corrected chi connectivity index (χ0v) is 15.6. The molecule has 0 spiro atoms. The summed E-state index contributed by atoms with van der Waals surface area (Å²) in [5.74, 6) is 0.489. The van der Waals surface area contributed by atoms with Gasteiger partial charge in [-0.1, -0.05) is 6.42 Å². The van der Waals surface area contributed by atoms with Crippen LogP contribution in [0.2, 0.25) is 0 Å². The highest BCUT2D eigenvalue weighted by molar-refractivity contribution is 5.65. The van der Waals surface area contributed by atoms with Crippen LogP contribution in [0.3, 0.4) is 0 Å². The Morgan fingerprint density at radius 2 is 2.17 bits per heavy atom. The van der Waals surface area contributed by atoms with Crippen LogP contribution >= 0.6 is 0 Å². The number of halogens is 1. The monoisotopic (exact) mass is 396 g/mol. The van der Waals surface area contributed by atoms with Gasteiger partial charge in [0.05, 0.1) is 23.8 Å². The number of nitrogens with one attached hydrogen (secondary N) is 1. The molecule has 2 saturated heterocycles. The number of phenols is 1. The van der Waals surface area contributed by atoms with Gasteiger partial charge in [0, 0.05) is 37.0 Å². The van der Waals surface area contributed by atoms with Crippen LogP contribution in [0.4, 0.5) is 4.39 Å². The number of hydrogen-bond donors (Lipinski definition) is 2. The fourth-order valence-electron chi connectivity index (χ4n) is 4.15. The Morgan fingerprint density at radius 3 is 2.93 bits per heavy atom. The Labute approximate surface area is 166 Å². The first kappa shape index (κ1) is 18.0. The van der Waals surface area contributed by atoms with Crippen LogP contribution in [-0.2, 0) is 0 Å². The quantitative estimate of drug-likeness (QED) is 0.699. The van der Waals surface area contributed by atoms with Crippen LogP contribution in [0.1, 0.15) is 25.7 Å². The van der Waals surface area contributed by atoms with E-state index in [-0.39, 0.29) is 29.5 Å². The van der Waals surface area contributed by atoms with Crippen molar-refractivity contribution in [1.29, 1.82) is 0 Å². The van der Waals surface area contributed by atoms with Crippen molar-refractivity contribution >= 4 is 0 Å². The van der Waals surface area contributed by atoms with Gasteiger partial charge < -0.3 is 19.7 Å².